The van der Waals surface area contributed by atoms with Crippen molar-refractivity contribution < 1.29 is 19.2 Å². The van der Waals surface area contributed by atoms with Crippen molar-refractivity contribution in [3.05, 3.63) is 117 Å². The molecule has 1 aliphatic heterocycles. The molecule has 0 saturated carbocycles. The molecular formula is C28H25NO5. The fraction of sp³-hybridized carbons (Fsp3) is 0.214. The van der Waals surface area contributed by atoms with Gasteiger partial charge in [-0.15, -0.1) is 0 Å². The summed E-state index contributed by atoms with van der Waals surface area (Å²) in [5.74, 6) is -0.979. The third-order valence-corrected chi connectivity index (χ3v) is 6.13. The van der Waals surface area contributed by atoms with Crippen LogP contribution in [0.4, 0.5) is 5.69 Å². The number of rotatable bonds is 8. The third kappa shape index (κ3) is 5.64. The molecule has 1 fully saturated rings. The van der Waals surface area contributed by atoms with Gasteiger partial charge in [-0.25, -0.2) is 4.79 Å². The molecule has 3 aromatic carbocycles. The van der Waals surface area contributed by atoms with Gasteiger partial charge in [0.05, 0.1) is 11.3 Å². The fourth-order valence-corrected chi connectivity index (χ4v) is 4.26. The summed E-state index contributed by atoms with van der Waals surface area (Å²) in [6, 6.07) is 25.7. The lowest BCUT2D eigenvalue weighted by Gasteiger charge is -2.37. The largest absolute Gasteiger partial charge is 0.455 e. The molecule has 172 valence electrons. The Morgan fingerprint density at radius 3 is 1.97 bits per heavy atom. The van der Waals surface area contributed by atoms with Gasteiger partial charge in [0.25, 0.3) is 5.69 Å². The lowest BCUT2D eigenvalue weighted by molar-refractivity contribution is -0.384. The predicted molar refractivity (Wildman–Crippen MR) is 129 cm³/mol. The molecule has 6 heteroatoms. The summed E-state index contributed by atoms with van der Waals surface area (Å²) in [4.78, 5) is 36.7. The van der Waals surface area contributed by atoms with Gasteiger partial charge in [0.2, 0.25) is 0 Å². The summed E-state index contributed by atoms with van der Waals surface area (Å²) >= 11 is 0. The predicted octanol–water partition coefficient (Wildman–Crippen LogP) is 5.50. The van der Waals surface area contributed by atoms with Crippen LogP contribution in [0, 0.1) is 10.1 Å². The first-order chi connectivity index (χ1) is 16.4. The van der Waals surface area contributed by atoms with Crippen molar-refractivity contribution in [2.45, 2.75) is 37.7 Å². The normalized spacial score (nSPS) is 16.3. The van der Waals surface area contributed by atoms with Crippen LogP contribution >= 0.6 is 0 Å². The number of aryl methyl sites for hydroxylation is 2. The van der Waals surface area contributed by atoms with Crippen molar-refractivity contribution in [3.8, 4) is 0 Å². The lowest BCUT2D eigenvalue weighted by atomic mass is 9.81. The van der Waals surface area contributed by atoms with Crippen molar-refractivity contribution in [2.75, 3.05) is 0 Å². The maximum absolute atomic E-state index is 13.2. The smallest absolute Gasteiger partial charge is 0.342 e. The quantitative estimate of drug-likeness (QED) is 0.147. The zero-order valence-electron chi connectivity index (χ0n) is 18.7. The number of Topliss-reactive ketones (excluding diaryl/α,β-unsaturated/α-hetero) is 1. The Bertz CT molecular complexity index is 1150. The number of nitrogens with zero attached hydrogens (tertiary/aromatic N) is 1. The van der Waals surface area contributed by atoms with Gasteiger partial charge < -0.3 is 4.74 Å². The molecule has 4 rings (SSSR count). The number of nitro benzene ring substituents is 1. The van der Waals surface area contributed by atoms with Gasteiger partial charge in [-0.2, -0.15) is 0 Å². The molecule has 0 unspecified atom stereocenters. The maximum atomic E-state index is 13.2. The molecule has 0 aliphatic carbocycles. The number of nitro groups is 1. The topological polar surface area (TPSA) is 86.5 Å². The molecule has 6 nitrogen and oxygen atoms in total. The number of cyclic esters (lactones) is 1. The first-order valence-corrected chi connectivity index (χ1v) is 11.2. The summed E-state index contributed by atoms with van der Waals surface area (Å²) in [6.07, 6.45) is 3.90. The number of non-ortho nitro benzene ring substituents is 1. The first kappa shape index (κ1) is 23.1. The standard InChI is InChI=1S/C28H25NO5/c30-26-20-28(16-14-21-8-3-1-4-9-21,17-15-22-10-5-2-6-11-22)34-27(31)25(26)19-23-12-7-13-24(18-23)29(32)33/h1-13,18-19H,14-17,20H2. The summed E-state index contributed by atoms with van der Waals surface area (Å²) in [5.41, 5.74) is 1.56. The van der Waals surface area contributed by atoms with E-state index in [2.05, 4.69) is 0 Å². The number of carbonyl (C=O) groups excluding carboxylic acids is 2. The van der Waals surface area contributed by atoms with E-state index in [9.17, 15) is 19.7 Å². The van der Waals surface area contributed by atoms with E-state index < -0.39 is 16.5 Å². The van der Waals surface area contributed by atoms with Crippen molar-refractivity contribution in [2.24, 2.45) is 0 Å². The minimum Gasteiger partial charge on any atom is -0.455 e. The average Bonchev–Trinajstić information content (AvgIpc) is 2.85. The Morgan fingerprint density at radius 2 is 1.44 bits per heavy atom. The average molecular weight is 456 g/mol. The third-order valence-electron chi connectivity index (χ3n) is 6.13. The molecule has 0 bridgehead atoms. The summed E-state index contributed by atoms with van der Waals surface area (Å²) < 4.78 is 5.99. The van der Waals surface area contributed by atoms with Crippen molar-refractivity contribution in [1.82, 2.24) is 0 Å². The number of hydrogen-bond acceptors (Lipinski definition) is 5. The molecule has 0 aromatic heterocycles. The number of hydrogen-bond donors (Lipinski definition) is 0. The second kappa shape index (κ2) is 10.3. The Labute approximate surface area is 198 Å². The van der Waals surface area contributed by atoms with Gasteiger partial charge in [-0.05, 0) is 48.4 Å². The molecule has 0 atom stereocenters. The zero-order valence-corrected chi connectivity index (χ0v) is 18.7. The summed E-state index contributed by atoms with van der Waals surface area (Å²) in [5, 5.41) is 11.1. The minimum absolute atomic E-state index is 0.0736. The van der Waals surface area contributed by atoms with E-state index in [0.29, 0.717) is 31.2 Å². The van der Waals surface area contributed by atoms with Crippen LogP contribution in [0.1, 0.15) is 36.0 Å². The van der Waals surface area contributed by atoms with E-state index in [1.807, 2.05) is 60.7 Å². The highest BCUT2D eigenvalue weighted by molar-refractivity contribution is 6.22. The highest BCUT2D eigenvalue weighted by Crippen LogP contribution is 2.36. The van der Waals surface area contributed by atoms with Crippen LogP contribution in [-0.4, -0.2) is 22.3 Å². The number of esters is 1. The highest BCUT2D eigenvalue weighted by atomic mass is 16.6. The van der Waals surface area contributed by atoms with Crippen LogP contribution in [-0.2, 0) is 27.2 Å². The van der Waals surface area contributed by atoms with Crippen molar-refractivity contribution >= 4 is 23.5 Å². The van der Waals surface area contributed by atoms with E-state index in [1.165, 1.54) is 24.3 Å². The second-order valence-electron chi connectivity index (χ2n) is 8.55. The molecule has 0 N–H and O–H groups in total. The lowest BCUT2D eigenvalue weighted by Crippen LogP contribution is -2.44. The highest BCUT2D eigenvalue weighted by Gasteiger charge is 2.43. The molecule has 0 amide bonds. The number of carbonyl (C=O) groups is 2. The van der Waals surface area contributed by atoms with Gasteiger partial charge in [-0.1, -0.05) is 72.8 Å². The number of ether oxygens (including phenoxy) is 1. The molecule has 3 aromatic rings. The molecule has 1 saturated heterocycles. The summed E-state index contributed by atoms with van der Waals surface area (Å²) in [7, 11) is 0. The molecular weight excluding hydrogens is 430 g/mol. The van der Waals surface area contributed by atoms with Crippen LogP contribution in [0.25, 0.3) is 6.08 Å². The SMILES string of the molecule is O=C1CC(CCc2ccccc2)(CCc2ccccc2)OC(=O)C1=Cc1cccc([N+](=O)[O-])c1. The molecule has 34 heavy (non-hydrogen) atoms. The number of ketones is 1. The first-order valence-electron chi connectivity index (χ1n) is 11.2. The number of benzene rings is 3. The van der Waals surface area contributed by atoms with Crippen LogP contribution in [0.3, 0.4) is 0 Å². The molecule has 0 radical (unpaired) electrons. The van der Waals surface area contributed by atoms with Gasteiger partial charge >= 0.3 is 5.97 Å². The van der Waals surface area contributed by atoms with E-state index >= 15 is 0 Å². The molecule has 0 spiro atoms. The summed E-state index contributed by atoms with van der Waals surface area (Å²) in [6.45, 7) is 0. The van der Waals surface area contributed by atoms with E-state index in [-0.39, 0.29) is 23.5 Å². The van der Waals surface area contributed by atoms with E-state index in [1.54, 1.807) is 6.07 Å². The minimum atomic E-state index is -0.903. The zero-order chi connectivity index (χ0) is 24.0. The van der Waals surface area contributed by atoms with Crippen LogP contribution in [0.5, 0.6) is 0 Å². The van der Waals surface area contributed by atoms with Gasteiger partial charge in [0.15, 0.2) is 5.78 Å². The monoisotopic (exact) mass is 455 g/mol. The van der Waals surface area contributed by atoms with Gasteiger partial charge in [0, 0.05) is 12.1 Å². The maximum Gasteiger partial charge on any atom is 0.342 e. The van der Waals surface area contributed by atoms with Crippen molar-refractivity contribution in [1.29, 1.82) is 0 Å². The van der Waals surface area contributed by atoms with Crippen LogP contribution < -0.4 is 0 Å². The van der Waals surface area contributed by atoms with Gasteiger partial charge in [0.1, 0.15) is 11.2 Å². The van der Waals surface area contributed by atoms with E-state index in [4.69, 9.17) is 4.74 Å². The van der Waals surface area contributed by atoms with Crippen LogP contribution in [0.15, 0.2) is 90.5 Å². The Balaban J connectivity index is 1.57. The Morgan fingerprint density at radius 1 is 0.853 bits per heavy atom. The van der Waals surface area contributed by atoms with Gasteiger partial charge in [-0.3, -0.25) is 14.9 Å². The van der Waals surface area contributed by atoms with Crippen molar-refractivity contribution in [3.63, 3.8) is 0 Å². The van der Waals surface area contributed by atoms with E-state index in [0.717, 1.165) is 11.1 Å². The fourth-order valence-electron chi connectivity index (χ4n) is 4.26. The second-order valence-corrected chi connectivity index (χ2v) is 8.55. The van der Waals surface area contributed by atoms with Crippen LogP contribution in [0.2, 0.25) is 0 Å². The molecule has 1 heterocycles. The molecule has 1 aliphatic rings. The Hall–Kier alpha value is -4.06. The Kier molecular flexibility index (Phi) is 6.97.